The van der Waals surface area contributed by atoms with Gasteiger partial charge in [0, 0.05) is 79.7 Å². The predicted octanol–water partition coefficient (Wildman–Crippen LogP) is 8.10. The Labute approximate surface area is 402 Å². The molecule has 2 aromatic heterocycles. The first-order valence-electron chi connectivity index (χ1n) is 24.8. The number of esters is 1. The Morgan fingerprint density at radius 2 is 1.75 bits per heavy atom. The summed E-state index contributed by atoms with van der Waals surface area (Å²) in [6.07, 6.45) is 4.93. The average Bonchev–Trinajstić information content (AvgIpc) is 4.01. The number of pyridine rings is 1. The molecule has 2 N–H and O–H groups in total. The molecule has 5 atom stereocenters. The highest BCUT2D eigenvalue weighted by atomic mass is 16.6. The van der Waals surface area contributed by atoms with Gasteiger partial charge in [0.05, 0.1) is 30.1 Å². The molecule has 3 saturated heterocycles. The highest BCUT2D eigenvalue weighted by molar-refractivity contribution is 5.95. The number of aromatic nitrogens is 2. The SMILES string of the molecule is CCn1c(-c2cccnc2[C@H](C)OC)c2c3cc(ccc31)-c1cccc(c1)C[C@H](NC(=O)[C@H](C(C)C)N1CC[C@]3(CCN(C(=O)OC(C)(C)C)C3)C1)C(=O)N1CCC[C@H](N1)C(=O)OCC(C)(C)C2. The molecule has 3 amide bonds. The van der Waals surface area contributed by atoms with E-state index >= 15 is 0 Å². The molecule has 6 heterocycles. The molecule has 0 radical (unpaired) electrons. The van der Waals surface area contributed by atoms with E-state index in [1.165, 1.54) is 5.01 Å². The van der Waals surface area contributed by atoms with Crippen LogP contribution in [-0.2, 0) is 48.0 Å². The molecule has 68 heavy (non-hydrogen) atoms. The Hall–Kier alpha value is -5.31. The molecule has 0 unspecified atom stereocenters. The summed E-state index contributed by atoms with van der Waals surface area (Å²) in [6.45, 7) is 22.0. The van der Waals surface area contributed by atoms with Gasteiger partial charge in [-0.1, -0.05) is 58.0 Å². The minimum absolute atomic E-state index is 0.0568. The quantitative estimate of drug-likeness (QED) is 0.166. The Morgan fingerprint density at radius 1 is 0.985 bits per heavy atom. The number of rotatable bonds is 8. The monoisotopic (exact) mass is 932 g/mol. The molecule has 4 aliphatic heterocycles. The third kappa shape index (κ3) is 10.3. The van der Waals surface area contributed by atoms with Crippen LogP contribution in [0.5, 0.6) is 0 Å². The van der Waals surface area contributed by atoms with Gasteiger partial charge in [-0.25, -0.2) is 10.2 Å². The van der Waals surface area contributed by atoms with Gasteiger partial charge in [-0.05, 0) is 126 Å². The van der Waals surface area contributed by atoms with Gasteiger partial charge in [-0.2, -0.15) is 0 Å². The van der Waals surface area contributed by atoms with Gasteiger partial charge in [0.2, 0.25) is 5.91 Å². The van der Waals surface area contributed by atoms with Crippen molar-refractivity contribution in [3.8, 4) is 22.4 Å². The zero-order valence-corrected chi connectivity index (χ0v) is 41.9. The normalized spacial score (nSPS) is 23.5. The van der Waals surface area contributed by atoms with Crippen molar-refractivity contribution in [2.24, 2.45) is 16.7 Å². The summed E-state index contributed by atoms with van der Waals surface area (Å²) >= 11 is 0. The highest BCUT2D eigenvalue weighted by Crippen LogP contribution is 2.43. The number of carbonyl (C=O) groups excluding carboxylic acids is 4. The lowest BCUT2D eigenvalue weighted by Gasteiger charge is -2.37. The van der Waals surface area contributed by atoms with Crippen LogP contribution >= 0.6 is 0 Å². The zero-order chi connectivity index (χ0) is 48.7. The Kier molecular flexibility index (Phi) is 14.2. The summed E-state index contributed by atoms with van der Waals surface area (Å²) in [5, 5.41) is 5.87. The molecular weight excluding hydrogens is 859 g/mol. The van der Waals surface area contributed by atoms with Crippen LogP contribution < -0.4 is 10.7 Å². The number of benzene rings is 2. The average molecular weight is 932 g/mol. The maximum atomic E-state index is 14.8. The second kappa shape index (κ2) is 19.6. The molecule has 6 bridgehead atoms. The van der Waals surface area contributed by atoms with E-state index in [0.717, 1.165) is 69.5 Å². The number of likely N-dealkylation sites (tertiary alicyclic amines) is 2. The third-order valence-corrected chi connectivity index (χ3v) is 14.5. The van der Waals surface area contributed by atoms with Crippen molar-refractivity contribution in [3.05, 3.63) is 77.6 Å². The van der Waals surface area contributed by atoms with Crippen molar-refractivity contribution >= 4 is 34.8 Å². The number of ether oxygens (including phenoxy) is 3. The van der Waals surface area contributed by atoms with Crippen LogP contribution in [0, 0.1) is 16.7 Å². The standard InChI is InChI=1S/C54H73N7O7/c1-11-60-44-20-19-38-29-40(44)41(47(60)39-17-13-23-55-45(39)35(4)66-10)30-53(8,9)33-67-50(64)42-18-14-24-61(57-42)49(63)43(28-36-15-12-16-37(38)27-36)56-48(62)46(34(2)3)58-25-21-54(31-58)22-26-59(32-54)51(65)68-52(5,6)7/h12-13,15-17,19-20,23,27,29,34-35,42-43,46,57H,11,14,18,21-22,24-26,28,30-33H2,1-10H3,(H,56,62)/t35-,42-,43-,46-,54-/m0/s1. The maximum absolute atomic E-state index is 14.8. The number of carbonyl (C=O) groups is 4. The number of amides is 3. The summed E-state index contributed by atoms with van der Waals surface area (Å²) in [4.78, 5) is 65.5. The summed E-state index contributed by atoms with van der Waals surface area (Å²) < 4.78 is 20.1. The molecule has 0 aliphatic carbocycles. The van der Waals surface area contributed by atoms with Gasteiger partial charge in [-0.15, -0.1) is 0 Å². The molecule has 4 aromatic rings. The fourth-order valence-electron chi connectivity index (χ4n) is 11.1. The van der Waals surface area contributed by atoms with E-state index in [-0.39, 0.29) is 48.4 Å². The molecule has 14 nitrogen and oxygen atoms in total. The lowest BCUT2D eigenvalue weighted by Crippen LogP contribution is -2.62. The Morgan fingerprint density at radius 3 is 2.49 bits per heavy atom. The number of methoxy groups -OCH3 is 1. The van der Waals surface area contributed by atoms with Gasteiger partial charge >= 0.3 is 12.1 Å². The van der Waals surface area contributed by atoms with Gasteiger partial charge < -0.3 is 29.0 Å². The van der Waals surface area contributed by atoms with E-state index in [1.807, 2.05) is 65.9 Å². The van der Waals surface area contributed by atoms with Gasteiger partial charge in [0.25, 0.3) is 5.91 Å². The number of aryl methyl sites for hydroxylation is 1. The number of fused-ring (bicyclic) bond motifs is 6. The molecule has 2 aromatic carbocycles. The van der Waals surface area contributed by atoms with Crippen molar-refractivity contribution in [3.63, 3.8) is 0 Å². The molecule has 14 heteroatoms. The van der Waals surface area contributed by atoms with Crippen molar-refractivity contribution in [1.82, 2.24) is 35.1 Å². The fraction of sp³-hybridized carbons (Fsp3) is 0.574. The fourth-order valence-corrected chi connectivity index (χ4v) is 11.1. The number of nitrogens with zero attached hydrogens (tertiary/aromatic N) is 5. The van der Waals surface area contributed by atoms with Crippen LogP contribution in [0.3, 0.4) is 0 Å². The second-order valence-corrected chi connectivity index (χ2v) is 21.9. The first-order chi connectivity index (χ1) is 32.3. The topological polar surface area (TPSA) is 148 Å². The van der Waals surface area contributed by atoms with Crippen molar-refractivity contribution < 1.29 is 33.4 Å². The smallest absolute Gasteiger partial charge is 0.410 e. The molecule has 1 spiro atoms. The molecule has 366 valence electrons. The summed E-state index contributed by atoms with van der Waals surface area (Å²) in [6, 6.07) is 16.8. The number of cyclic esters (lactones) is 1. The molecular formula is C54H73N7O7. The lowest BCUT2D eigenvalue weighted by molar-refractivity contribution is -0.155. The van der Waals surface area contributed by atoms with Crippen molar-refractivity contribution in [2.75, 3.05) is 46.4 Å². The highest BCUT2D eigenvalue weighted by Gasteiger charge is 2.49. The first kappa shape index (κ1) is 49.1. The maximum Gasteiger partial charge on any atom is 0.410 e. The van der Waals surface area contributed by atoms with Crippen LogP contribution in [0.4, 0.5) is 4.79 Å². The van der Waals surface area contributed by atoms with Crippen molar-refractivity contribution in [1.29, 1.82) is 0 Å². The van der Waals surface area contributed by atoms with E-state index in [4.69, 9.17) is 19.2 Å². The van der Waals surface area contributed by atoms with E-state index in [2.05, 4.69) is 77.4 Å². The summed E-state index contributed by atoms with van der Waals surface area (Å²) in [5.41, 5.74) is 10.1. The Balaban J connectivity index is 1.14. The van der Waals surface area contributed by atoms with E-state index in [9.17, 15) is 19.2 Å². The predicted molar refractivity (Wildman–Crippen MR) is 263 cm³/mol. The Bertz CT molecular complexity index is 2530. The minimum atomic E-state index is -0.928. The van der Waals surface area contributed by atoms with Crippen molar-refractivity contribution in [2.45, 2.75) is 137 Å². The van der Waals surface area contributed by atoms with Gasteiger partial charge in [-0.3, -0.25) is 29.3 Å². The lowest BCUT2D eigenvalue weighted by atomic mass is 9.84. The number of hydrogen-bond acceptors (Lipinski definition) is 10. The molecule has 4 aliphatic rings. The third-order valence-electron chi connectivity index (χ3n) is 14.5. The van der Waals surface area contributed by atoms with Crippen LogP contribution in [0.15, 0.2) is 60.8 Å². The van der Waals surface area contributed by atoms with Gasteiger partial charge in [0.15, 0.2) is 0 Å². The van der Waals surface area contributed by atoms with E-state index < -0.39 is 35.1 Å². The van der Waals surface area contributed by atoms with Crippen LogP contribution in [0.1, 0.15) is 111 Å². The zero-order valence-electron chi connectivity index (χ0n) is 41.9. The van der Waals surface area contributed by atoms with Crippen LogP contribution in [0.25, 0.3) is 33.3 Å². The van der Waals surface area contributed by atoms with Crippen LogP contribution in [-0.4, -0.2) is 118 Å². The molecule has 3 fully saturated rings. The largest absolute Gasteiger partial charge is 0.464 e. The summed E-state index contributed by atoms with van der Waals surface area (Å²) in [7, 11) is 1.70. The molecule has 0 saturated carbocycles. The molecule has 8 rings (SSSR count). The first-order valence-corrected chi connectivity index (χ1v) is 24.8. The van der Waals surface area contributed by atoms with E-state index in [1.54, 1.807) is 12.0 Å². The number of hydrazine groups is 1. The number of hydrogen-bond donors (Lipinski definition) is 2. The second-order valence-electron chi connectivity index (χ2n) is 21.9. The summed E-state index contributed by atoms with van der Waals surface area (Å²) in [5.74, 6) is -0.980. The minimum Gasteiger partial charge on any atom is -0.464 e. The van der Waals surface area contributed by atoms with Gasteiger partial charge in [0.1, 0.15) is 17.7 Å². The van der Waals surface area contributed by atoms with E-state index in [0.29, 0.717) is 52.0 Å². The number of nitrogens with one attached hydrogen (secondary N) is 2. The van der Waals surface area contributed by atoms with Crippen LogP contribution in [0.2, 0.25) is 0 Å².